The predicted octanol–water partition coefficient (Wildman–Crippen LogP) is 3.11. The summed E-state index contributed by atoms with van der Waals surface area (Å²) in [5.74, 6) is 0.778. The lowest BCUT2D eigenvalue weighted by molar-refractivity contribution is 0.425. The molecule has 0 atom stereocenters. The van der Waals surface area contributed by atoms with Gasteiger partial charge in [0, 0.05) is 23.2 Å². The second kappa shape index (κ2) is 5.35. The maximum absolute atomic E-state index is 4.61. The Labute approximate surface area is 118 Å². The minimum absolute atomic E-state index is 0.113. The summed E-state index contributed by atoms with van der Waals surface area (Å²) in [7, 11) is 0. The molecule has 2 heterocycles. The van der Waals surface area contributed by atoms with E-state index in [4.69, 9.17) is 0 Å². The average Bonchev–Trinajstić information content (AvgIpc) is 2.67. The molecule has 0 fully saturated rings. The Morgan fingerprint density at radius 2 is 1.95 bits per heavy atom. The molecule has 0 aliphatic rings. The van der Waals surface area contributed by atoms with Crippen LogP contribution in [-0.2, 0) is 6.54 Å². The van der Waals surface area contributed by atoms with E-state index in [0.29, 0.717) is 0 Å². The number of nitrogens with one attached hydrogen (secondary N) is 1. The molecule has 0 radical (unpaired) electrons. The van der Waals surface area contributed by atoms with E-state index in [1.807, 2.05) is 19.9 Å². The Kier molecular flexibility index (Phi) is 3.96. The number of hydrogen-bond donors (Lipinski definition) is 1. The minimum Gasteiger partial charge on any atom is -0.307 e. The zero-order valence-corrected chi connectivity index (χ0v) is 12.9. The topological polar surface area (TPSA) is 50.7 Å². The molecule has 1 N–H and O–H groups in total. The first-order valence-corrected chi connectivity index (χ1v) is 7.18. The van der Waals surface area contributed by atoms with E-state index in [0.717, 1.165) is 28.8 Å². The van der Waals surface area contributed by atoms with Crippen LogP contribution in [0.4, 0.5) is 0 Å². The number of hydrogen-bond acceptors (Lipinski definition) is 5. The summed E-state index contributed by atoms with van der Waals surface area (Å²) < 4.78 is 0. The maximum Gasteiger partial charge on any atom is 0.142 e. The molecule has 0 bridgehead atoms. The molecular weight excluding hydrogens is 256 g/mol. The van der Waals surface area contributed by atoms with Crippen molar-refractivity contribution in [3.05, 3.63) is 28.7 Å². The Morgan fingerprint density at radius 3 is 2.58 bits per heavy atom. The monoisotopic (exact) mass is 276 g/mol. The first kappa shape index (κ1) is 14.1. The Hall–Kier alpha value is -1.33. The normalized spacial score (nSPS) is 11.8. The standard InChI is InChI=1S/C14H20N4S/c1-9-12(8-16-14(3,4)5)19-13(17-9)11-6-7-15-10(2)18-11/h6-7,16H,8H2,1-5H3. The highest BCUT2D eigenvalue weighted by Gasteiger charge is 2.14. The molecule has 0 aromatic carbocycles. The van der Waals surface area contributed by atoms with E-state index < -0.39 is 0 Å². The lowest BCUT2D eigenvalue weighted by Crippen LogP contribution is -2.34. The van der Waals surface area contributed by atoms with E-state index >= 15 is 0 Å². The molecule has 2 aromatic heterocycles. The quantitative estimate of drug-likeness (QED) is 0.936. The van der Waals surface area contributed by atoms with Crippen LogP contribution in [0.1, 0.15) is 37.2 Å². The van der Waals surface area contributed by atoms with Gasteiger partial charge in [-0.3, -0.25) is 0 Å². The predicted molar refractivity (Wildman–Crippen MR) is 79.2 cm³/mol. The molecule has 0 aliphatic carbocycles. The zero-order chi connectivity index (χ0) is 14.0. The summed E-state index contributed by atoms with van der Waals surface area (Å²) in [6, 6.07) is 1.91. The van der Waals surface area contributed by atoms with Gasteiger partial charge in [-0.1, -0.05) is 0 Å². The van der Waals surface area contributed by atoms with E-state index in [9.17, 15) is 0 Å². The molecule has 4 nitrogen and oxygen atoms in total. The number of nitrogens with zero attached hydrogens (tertiary/aromatic N) is 3. The van der Waals surface area contributed by atoms with Crippen LogP contribution in [0.2, 0.25) is 0 Å². The van der Waals surface area contributed by atoms with Crippen molar-refractivity contribution in [3.63, 3.8) is 0 Å². The van der Waals surface area contributed by atoms with Gasteiger partial charge in [0.1, 0.15) is 16.5 Å². The van der Waals surface area contributed by atoms with Gasteiger partial charge in [-0.05, 0) is 40.7 Å². The highest BCUT2D eigenvalue weighted by atomic mass is 32.1. The van der Waals surface area contributed by atoms with Gasteiger partial charge in [-0.25, -0.2) is 15.0 Å². The molecule has 2 aromatic rings. The summed E-state index contributed by atoms with van der Waals surface area (Å²) >= 11 is 1.70. The third-order valence-electron chi connectivity index (χ3n) is 2.67. The Morgan fingerprint density at radius 1 is 1.21 bits per heavy atom. The van der Waals surface area contributed by atoms with Crippen LogP contribution in [0, 0.1) is 13.8 Å². The summed E-state index contributed by atoms with van der Waals surface area (Å²) in [6.45, 7) is 11.3. The Balaban J connectivity index is 2.21. The number of aromatic nitrogens is 3. The molecule has 2 rings (SSSR count). The smallest absolute Gasteiger partial charge is 0.142 e. The summed E-state index contributed by atoms with van der Waals surface area (Å²) in [5, 5.41) is 4.46. The second-order valence-corrected chi connectivity index (χ2v) is 6.70. The number of rotatable bonds is 3. The zero-order valence-electron chi connectivity index (χ0n) is 12.1. The highest BCUT2D eigenvalue weighted by Crippen LogP contribution is 2.26. The fourth-order valence-electron chi connectivity index (χ4n) is 1.62. The molecule has 102 valence electrons. The van der Waals surface area contributed by atoms with E-state index in [2.05, 4.69) is 41.0 Å². The van der Waals surface area contributed by atoms with Crippen LogP contribution >= 0.6 is 11.3 Å². The van der Waals surface area contributed by atoms with Crippen LogP contribution < -0.4 is 5.32 Å². The van der Waals surface area contributed by atoms with E-state index in [1.165, 1.54) is 4.88 Å². The van der Waals surface area contributed by atoms with Crippen LogP contribution in [-0.4, -0.2) is 20.5 Å². The van der Waals surface area contributed by atoms with Gasteiger partial charge in [-0.15, -0.1) is 11.3 Å². The van der Waals surface area contributed by atoms with Crippen molar-refractivity contribution >= 4 is 11.3 Å². The van der Waals surface area contributed by atoms with Gasteiger partial charge >= 0.3 is 0 Å². The first-order chi connectivity index (χ1) is 8.85. The fraction of sp³-hybridized carbons (Fsp3) is 0.500. The highest BCUT2D eigenvalue weighted by molar-refractivity contribution is 7.15. The van der Waals surface area contributed by atoms with Crippen molar-refractivity contribution in [1.29, 1.82) is 0 Å². The fourth-order valence-corrected chi connectivity index (χ4v) is 2.59. The molecule has 0 amide bonds. The lowest BCUT2D eigenvalue weighted by Gasteiger charge is -2.19. The summed E-state index contributed by atoms with van der Waals surface area (Å²) in [5.41, 5.74) is 2.10. The van der Waals surface area contributed by atoms with Gasteiger partial charge in [0.2, 0.25) is 0 Å². The average molecular weight is 276 g/mol. The van der Waals surface area contributed by atoms with E-state index in [1.54, 1.807) is 17.5 Å². The molecule has 5 heteroatoms. The van der Waals surface area contributed by atoms with Crippen LogP contribution in [0.5, 0.6) is 0 Å². The van der Waals surface area contributed by atoms with Crippen molar-refractivity contribution in [2.45, 2.75) is 46.7 Å². The minimum atomic E-state index is 0.113. The molecule has 19 heavy (non-hydrogen) atoms. The molecule has 0 unspecified atom stereocenters. The molecular formula is C14H20N4S. The lowest BCUT2D eigenvalue weighted by atomic mass is 10.1. The van der Waals surface area contributed by atoms with Crippen molar-refractivity contribution < 1.29 is 0 Å². The van der Waals surface area contributed by atoms with Crippen LogP contribution in [0.25, 0.3) is 10.7 Å². The van der Waals surface area contributed by atoms with Crippen molar-refractivity contribution in [2.75, 3.05) is 0 Å². The molecule has 0 spiro atoms. The number of thiazole rings is 1. The van der Waals surface area contributed by atoms with Gasteiger partial charge < -0.3 is 5.32 Å². The summed E-state index contributed by atoms with van der Waals surface area (Å²) in [4.78, 5) is 14.4. The van der Waals surface area contributed by atoms with Crippen molar-refractivity contribution in [2.24, 2.45) is 0 Å². The second-order valence-electron chi connectivity index (χ2n) is 5.62. The summed E-state index contributed by atoms with van der Waals surface area (Å²) in [6.07, 6.45) is 1.78. The van der Waals surface area contributed by atoms with Crippen molar-refractivity contribution in [3.8, 4) is 10.7 Å². The van der Waals surface area contributed by atoms with Crippen LogP contribution in [0.3, 0.4) is 0 Å². The maximum atomic E-state index is 4.61. The third kappa shape index (κ3) is 3.81. The van der Waals surface area contributed by atoms with Gasteiger partial charge in [0.25, 0.3) is 0 Å². The molecule has 0 saturated carbocycles. The van der Waals surface area contributed by atoms with E-state index in [-0.39, 0.29) is 5.54 Å². The third-order valence-corrected chi connectivity index (χ3v) is 3.85. The molecule has 0 saturated heterocycles. The van der Waals surface area contributed by atoms with Crippen molar-refractivity contribution in [1.82, 2.24) is 20.3 Å². The first-order valence-electron chi connectivity index (χ1n) is 6.36. The number of aryl methyl sites for hydroxylation is 2. The SMILES string of the molecule is Cc1nccc(-c2nc(C)c(CNC(C)(C)C)s2)n1. The Bertz CT molecular complexity index is 569. The largest absolute Gasteiger partial charge is 0.307 e. The van der Waals surface area contributed by atoms with Gasteiger partial charge in [0.15, 0.2) is 0 Å². The van der Waals surface area contributed by atoms with Crippen LogP contribution in [0.15, 0.2) is 12.3 Å². The molecule has 0 aliphatic heterocycles. The van der Waals surface area contributed by atoms with Gasteiger partial charge in [-0.2, -0.15) is 0 Å². The van der Waals surface area contributed by atoms with Gasteiger partial charge in [0.05, 0.1) is 5.69 Å².